The highest BCUT2D eigenvalue weighted by molar-refractivity contribution is 7.71. The second-order valence-corrected chi connectivity index (χ2v) is 7.35. The number of esters is 1. The van der Waals surface area contributed by atoms with Gasteiger partial charge in [0.05, 0.1) is 25.6 Å². The zero-order valence-electron chi connectivity index (χ0n) is 15.8. The molecule has 150 valence electrons. The molecule has 0 saturated carbocycles. The number of fused-ring (bicyclic) bond motifs is 1. The number of nitrogens with zero attached hydrogens (tertiary/aromatic N) is 2. The molecule has 1 saturated heterocycles. The lowest BCUT2D eigenvalue weighted by Gasteiger charge is -2.27. The summed E-state index contributed by atoms with van der Waals surface area (Å²) in [6.07, 6.45) is 1.19. The summed E-state index contributed by atoms with van der Waals surface area (Å²) in [6.45, 7) is 4.92. The van der Waals surface area contributed by atoms with Gasteiger partial charge in [-0.25, -0.2) is 0 Å². The minimum absolute atomic E-state index is 0.00241. The van der Waals surface area contributed by atoms with Crippen molar-refractivity contribution in [2.75, 3.05) is 26.3 Å². The highest BCUT2D eigenvalue weighted by Gasteiger charge is 2.30. The number of nitrogens with one attached hydrogen (secondary N) is 1. The van der Waals surface area contributed by atoms with E-state index in [4.69, 9.17) is 30.8 Å². The third-order valence-corrected chi connectivity index (χ3v) is 5.39. The molecule has 28 heavy (non-hydrogen) atoms. The summed E-state index contributed by atoms with van der Waals surface area (Å²) in [6, 6.07) is 7.51. The Morgan fingerprint density at radius 1 is 1.32 bits per heavy atom. The molecule has 8 nitrogen and oxygen atoms in total. The van der Waals surface area contributed by atoms with Crippen LogP contribution in [-0.4, -0.2) is 42.1 Å². The van der Waals surface area contributed by atoms with Crippen LogP contribution in [0.2, 0.25) is 0 Å². The average molecular weight is 406 g/mol. The first-order valence-corrected chi connectivity index (χ1v) is 10.0. The number of carbonyl (C=O) groups excluding carboxylic acids is 1. The Morgan fingerprint density at radius 3 is 2.82 bits per heavy atom. The number of hydrogen-bond donors (Lipinski definition) is 1. The summed E-state index contributed by atoms with van der Waals surface area (Å²) in [5.41, 5.74) is 0. The van der Waals surface area contributed by atoms with Crippen molar-refractivity contribution in [1.29, 1.82) is 0 Å². The van der Waals surface area contributed by atoms with Gasteiger partial charge in [-0.05, 0) is 31.3 Å². The molecule has 0 bridgehead atoms. The van der Waals surface area contributed by atoms with Gasteiger partial charge in [0.1, 0.15) is 6.61 Å². The van der Waals surface area contributed by atoms with Crippen LogP contribution < -0.4 is 14.4 Å². The second kappa shape index (κ2) is 8.32. The van der Waals surface area contributed by atoms with Crippen LogP contribution in [0.25, 0.3) is 0 Å². The van der Waals surface area contributed by atoms with Crippen molar-refractivity contribution in [2.24, 2.45) is 5.92 Å². The molecule has 0 amide bonds. The van der Waals surface area contributed by atoms with Gasteiger partial charge in [0.25, 0.3) is 10.7 Å². The molecule has 9 heteroatoms. The van der Waals surface area contributed by atoms with Gasteiger partial charge in [-0.2, -0.15) is 4.68 Å². The van der Waals surface area contributed by atoms with Crippen LogP contribution in [0.15, 0.2) is 28.7 Å². The van der Waals surface area contributed by atoms with Crippen molar-refractivity contribution in [3.63, 3.8) is 0 Å². The Morgan fingerprint density at radius 2 is 2.07 bits per heavy atom. The molecule has 4 rings (SSSR count). The predicted molar refractivity (Wildman–Crippen MR) is 101 cm³/mol. The largest absolute Gasteiger partial charge is 0.485 e. The van der Waals surface area contributed by atoms with E-state index in [0.717, 1.165) is 25.9 Å². The second-order valence-electron chi connectivity index (χ2n) is 7.00. The van der Waals surface area contributed by atoms with Gasteiger partial charge in [-0.15, -0.1) is 5.10 Å². The van der Waals surface area contributed by atoms with Gasteiger partial charge < -0.3 is 23.5 Å². The van der Waals surface area contributed by atoms with Crippen LogP contribution in [0.5, 0.6) is 11.5 Å². The van der Waals surface area contributed by atoms with Gasteiger partial charge in [0.2, 0.25) is 6.10 Å². The predicted octanol–water partition coefficient (Wildman–Crippen LogP) is 1.53. The van der Waals surface area contributed by atoms with Crippen molar-refractivity contribution in [3.05, 3.63) is 35.0 Å². The van der Waals surface area contributed by atoms with Gasteiger partial charge in [-0.3, -0.25) is 4.79 Å². The third-order valence-electron chi connectivity index (χ3n) is 5.09. The number of ether oxygens (including phenoxy) is 3. The van der Waals surface area contributed by atoms with Gasteiger partial charge in [0, 0.05) is 12.8 Å². The summed E-state index contributed by atoms with van der Waals surface area (Å²) < 4.78 is 24.2. The lowest BCUT2D eigenvalue weighted by atomic mass is 9.97. The highest BCUT2D eigenvalue weighted by Crippen LogP contribution is 2.35. The van der Waals surface area contributed by atoms with Crippen molar-refractivity contribution in [1.82, 2.24) is 9.78 Å². The van der Waals surface area contributed by atoms with Crippen LogP contribution in [0.1, 0.15) is 31.8 Å². The number of quaternary nitrogens is 1. The van der Waals surface area contributed by atoms with Gasteiger partial charge >= 0.3 is 5.97 Å². The maximum Gasteiger partial charge on any atom is 0.309 e. The molecule has 1 N–H and O–H groups in total. The number of piperidine rings is 1. The van der Waals surface area contributed by atoms with Crippen LogP contribution in [0.4, 0.5) is 0 Å². The van der Waals surface area contributed by atoms with E-state index >= 15 is 0 Å². The van der Waals surface area contributed by atoms with Crippen molar-refractivity contribution >= 4 is 18.2 Å². The smallest absolute Gasteiger partial charge is 0.309 e. The molecule has 0 aliphatic carbocycles. The number of aromatic nitrogens is 2. The Labute approximate surface area is 168 Å². The molecule has 1 fully saturated rings. The monoisotopic (exact) mass is 406 g/mol. The first kappa shape index (κ1) is 18.9. The number of benzene rings is 1. The van der Waals surface area contributed by atoms with E-state index in [2.05, 4.69) is 5.10 Å². The Bertz CT molecular complexity index is 888. The molecule has 3 heterocycles. The molecule has 1 aromatic carbocycles. The first-order chi connectivity index (χ1) is 13.6. The number of hydrogen-bond acceptors (Lipinski definition) is 7. The fraction of sp³-hybridized carbons (Fsp3) is 0.526. The topological polar surface area (TPSA) is 80.2 Å². The Balaban J connectivity index is 1.37. The molecular weight excluding hydrogens is 382 g/mol. The van der Waals surface area contributed by atoms with Crippen LogP contribution in [-0.2, 0) is 16.2 Å². The zero-order valence-corrected chi connectivity index (χ0v) is 16.6. The summed E-state index contributed by atoms with van der Waals surface area (Å²) in [7, 11) is 0. The molecular formula is C19H24N3O5S+. The van der Waals surface area contributed by atoms with Crippen molar-refractivity contribution in [2.45, 2.75) is 32.5 Å². The maximum absolute atomic E-state index is 11.9. The van der Waals surface area contributed by atoms with E-state index in [9.17, 15) is 4.79 Å². The van der Waals surface area contributed by atoms with Crippen molar-refractivity contribution in [3.8, 4) is 11.5 Å². The quantitative estimate of drug-likeness (QED) is 0.596. The standard InChI is InChI=1S/C19H23N3O5S/c1-2-24-18(23)13-7-9-21(10-8-13)12-22-19(28)27-17(20-22)16-11-25-14-5-3-4-6-15(14)26-16/h3-6,13,16H,2,7-12H2,1H3/p+1/t16-/m1/s1. The number of rotatable bonds is 5. The minimum Gasteiger partial charge on any atom is -0.485 e. The van der Waals surface area contributed by atoms with E-state index in [1.165, 1.54) is 4.90 Å². The lowest BCUT2D eigenvalue weighted by Crippen LogP contribution is -3.12. The van der Waals surface area contributed by atoms with E-state index < -0.39 is 6.10 Å². The fourth-order valence-electron chi connectivity index (χ4n) is 3.59. The summed E-state index contributed by atoms with van der Waals surface area (Å²) in [5.74, 6) is 1.71. The van der Waals surface area contributed by atoms with E-state index in [1.807, 2.05) is 31.2 Å². The molecule has 0 spiro atoms. The molecule has 2 aromatic rings. The lowest BCUT2D eigenvalue weighted by molar-refractivity contribution is -0.929. The summed E-state index contributed by atoms with van der Waals surface area (Å²) >= 11 is 5.34. The summed E-state index contributed by atoms with van der Waals surface area (Å²) in [4.78, 5) is 13.5. The van der Waals surface area contributed by atoms with Gasteiger partial charge in [0.15, 0.2) is 18.2 Å². The average Bonchev–Trinajstić information content (AvgIpc) is 3.08. The zero-order chi connectivity index (χ0) is 19.5. The Hall–Kier alpha value is -2.39. The minimum atomic E-state index is -0.428. The molecule has 0 radical (unpaired) electrons. The molecule has 2 aliphatic rings. The normalized spacial score (nSPS) is 24.0. The number of carbonyl (C=O) groups is 1. The summed E-state index contributed by atoms with van der Waals surface area (Å²) in [5, 5.41) is 4.51. The first-order valence-electron chi connectivity index (χ1n) is 9.60. The highest BCUT2D eigenvalue weighted by atomic mass is 32.1. The van der Waals surface area contributed by atoms with E-state index in [0.29, 0.717) is 42.1 Å². The SMILES string of the molecule is CCOC(=O)C1CC[NH+](Cn2nc([C@H]3COc4ccccc4O3)oc2=S)CC1. The Kier molecular flexibility index (Phi) is 5.63. The number of likely N-dealkylation sites (tertiary alicyclic amines) is 1. The van der Waals surface area contributed by atoms with Crippen LogP contribution >= 0.6 is 12.2 Å². The molecule has 2 aliphatic heterocycles. The maximum atomic E-state index is 11.9. The molecule has 1 aromatic heterocycles. The van der Waals surface area contributed by atoms with E-state index in [-0.39, 0.29) is 11.9 Å². The van der Waals surface area contributed by atoms with Crippen molar-refractivity contribution < 1.29 is 28.3 Å². The van der Waals surface area contributed by atoms with Crippen LogP contribution in [0.3, 0.4) is 0 Å². The molecule has 0 unspecified atom stereocenters. The van der Waals surface area contributed by atoms with Gasteiger partial charge in [-0.1, -0.05) is 12.1 Å². The molecule has 1 atom stereocenters. The fourth-order valence-corrected chi connectivity index (χ4v) is 3.78. The third kappa shape index (κ3) is 4.05. The van der Waals surface area contributed by atoms with Crippen LogP contribution in [0, 0.1) is 10.8 Å². The number of para-hydroxylation sites is 2. The van der Waals surface area contributed by atoms with E-state index in [1.54, 1.807) is 4.68 Å².